The Kier molecular flexibility index (Phi) is 4.00. The molecule has 1 nitrogen and oxygen atoms in total. The van der Waals surface area contributed by atoms with Gasteiger partial charge in [0, 0.05) is 0 Å². The highest BCUT2D eigenvalue weighted by Gasteiger charge is 2.31. The summed E-state index contributed by atoms with van der Waals surface area (Å²) in [5, 5.41) is 10.0. The molecule has 0 aromatic heterocycles. The highest BCUT2D eigenvalue weighted by atomic mass is 19.4. The maximum atomic E-state index is 13.9. The van der Waals surface area contributed by atoms with Crippen LogP contribution in [0.5, 0.6) is 0 Å². The third-order valence-electron chi connectivity index (χ3n) is 3.12. The van der Waals surface area contributed by atoms with E-state index in [2.05, 4.69) is 0 Å². The first-order valence-corrected chi connectivity index (χ1v) is 6.01. The molecule has 112 valence electrons. The minimum Gasteiger partial charge on any atom is -0.383 e. The predicted octanol–water partition coefficient (Wildman–Crippen LogP) is 4.37. The van der Waals surface area contributed by atoms with Crippen LogP contribution in [0.25, 0.3) is 0 Å². The Labute approximate surface area is 117 Å². The van der Waals surface area contributed by atoms with Crippen molar-refractivity contribution in [3.8, 4) is 0 Å². The molecule has 1 unspecified atom stereocenters. The molecule has 2 aromatic carbocycles. The van der Waals surface area contributed by atoms with E-state index in [1.807, 2.05) is 0 Å². The van der Waals surface area contributed by atoms with Crippen LogP contribution in [0.4, 0.5) is 22.0 Å². The van der Waals surface area contributed by atoms with E-state index in [4.69, 9.17) is 0 Å². The van der Waals surface area contributed by atoms with Gasteiger partial charge in [-0.25, -0.2) is 8.78 Å². The molecular weight excluding hydrogens is 291 g/mol. The van der Waals surface area contributed by atoms with E-state index in [1.54, 1.807) is 0 Å². The zero-order valence-electron chi connectivity index (χ0n) is 10.9. The van der Waals surface area contributed by atoms with Gasteiger partial charge in [-0.15, -0.1) is 0 Å². The fourth-order valence-corrected chi connectivity index (χ4v) is 1.98. The van der Waals surface area contributed by atoms with Gasteiger partial charge in [0.15, 0.2) is 0 Å². The highest BCUT2D eigenvalue weighted by Crippen LogP contribution is 2.33. The molecular formula is C15H11F5O. The minimum atomic E-state index is -4.60. The van der Waals surface area contributed by atoms with Crippen molar-refractivity contribution in [1.82, 2.24) is 0 Å². The Balaban J connectivity index is 2.51. The first kappa shape index (κ1) is 15.4. The van der Waals surface area contributed by atoms with Crippen molar-refractivity contribution in [3.63, 3.8) is 0 Å². The van der Waals surface area contributed by atoms with Gasteiger partial charge in [0.25, 0.3) is 0 Å². The fourth-order valence-electron chi connectivity index (χ4n) is 1.98. The number of alkyl halides is 3. The van der Waals surface area contributed by atoms with Gasteiger partial charge < -0.3 is 5.11 Å². The van der Waals surface area contributed by atoms with Gasteiger partial charge in [-0.3, -0.25) is 0 Å². The Bertz CT molecular complexity index is 664. The summed E-state index contributed by atoms with van der Waals surface area (Å²) in [4.78, 5) is 0. The van der Waals surface area contributed by atoms with Gasteiger partial charge in [-0.1, -0.05) is 18.2 Å². The second-order valence-corrected chi connectivity index (χ2v) is 4.62. The summed E-state index contributed by atoms with van der Waals surface area (Å²) in [5.74, 6) is -1.98. The minimum absolute atomic E-state index is 0.0948. The highest BCUT2D eigenvalue weighted by molar-refractivity contribution is 5.37. The summed E-state index contributed by atoms with van der Waals surface area (Å²) >= 11 is 0. The summed E-state index contributed by atoms with van der Waals surface area (Å²) in [6, 6.07) is 5.90. The number of hydrogen-bond donors (Lipinski definition) is 1. The molecule has 0 spiro atoms. The summed E-state index contributed by atoms with van der Waals surface area (Å²) < 4.78 is 65.5. The Morgan fingerprint density at radius 3 is 2.33 bits per heavy atom. The smallest absolute Gasteiger partial charge is 0.383 e. The monoisotopic (exact) mass is 302 g/mol. The average molecular weight is 302 g/mol. The molecule has 0 aliphatic carbocycles. The molecule has 0 heterocycles. The van der Waals surface area contributed by atoms with Crippen molar-refractivity contribution in [2.24, 2.45) is 0 Å². The van der Waals surface area contributed by atoms with Crippen molar-refractivity contribution in [2.75, 3.05) is 0 Å². The first-order valence-electron chi connectivity index (χ1n) is 6.01. The van der Waals surface area contributed by atoms with Crippen LogP contribution >= 0.6 is 0 Å². The van der Waals surface area contributed by atoms with Gasteiger partial charge in [-0.05, 0) is 36.2 Å². The van der Waals surface area contributed by atoms with Crippen LogP contribution in [0.1, 0.15) is 28.4 Å². The van der Waals surface area contributed by atoms with Crippen LogP contribution in [-0.2, 0) is 6.18 Å². The molecule has 0 saturated heterocycles. The molecule has 0 amide bonds. The molecule has 6 heteroatoms. The second kappa shape index (κ2) is 5.44. The van der Waals surface area contributed by atoms with Crippen molar-refractivity contribution < 1.29 is 27.1 Å². The van der Waals surface area contributed by atoms with Gasteiger partial charge in [0.1, 0.15) is 17.7 Å². The van der Waals surface area contributed by atoms with Gasteiger partial charge in [0.2, 0.25) is 0 Å². The number of aliphatic hydroxyl groups excluding tert-OH is 1. The lowest BCUT2D eigenvalue weighted by atomic mass is 9.97. The quantitative estimate of drug-likeness (QED) is 0.817. The van der Waals surface area contributed by atoms with E-state index in [1.165, 1.54) is 19.1 Å². The van der Waals surface area contributed by atoms with Crippen molar-refractivity contribution in [3.05, 3.63) is 70.3 Å². The summed E-state index contributed by atoms with van der Waals surface area (Å²) in [7, 11) is 0. The lowest BCUT2D eigenvalue weighted by molar-refractivity contribution is -0.137. The van der Waals surface area contributed by atoms with E-state index in [9.17, 15) is 27.1 Å². The zero-order valence-corrected chi connectivity index (χ0v) is 10.9. The molecule has 2 aromatic rings. The zero-order chi connectivity index (χ0) is 15.8. The maximum absolute atomic E-state index is 13.9. The number of hydrogen-bond acceptors (Lipinski definition) is 1. The van der Waals surface area contributed by atoms with E-state index in [0.29, 0.717) is 6.07 Å². The Hall–Kier alpha value is -1.95. The van der Waals surface area contributed by atoms with Gasteiger partial charge >= 0.3 is 6.18 Å². The van der Waals surface area contributed by atoms with Gasteiger partial charge in [0.05, 0.1) is 11.1 Å². The third-order valence-corrected chi connectivity index (χ3v) is 3.12. The normalized spacial score (nSPS) is 13.3. The van der Waals surface area contributed by atoms with Crippen LogP contribution in [0.2, 0.25) is 0 Å². The molecule has 1 N–H and O–H groups in total. The summed E-state index contributed by atoms with van der Waals surface area (Å²) in [5.41, 5.74) is -1.78. The van der Waals surface area contributed by atoms with E-state index < -0.39 is 35.0 Å². The summed E-state index contributed by atoms with van der Waals surface area (Å²) in [6.07, 6.45) is -6.41. The Morgan fingerprint density at radius 2 is 1.71 bits per heavy atom. The fraction of sp³-hybridized carbons (Fsp3) is 0.200. The molecule has 0 aliphatic rings. The number of rotatable bonds is 2. The molecule has 0 aliphatic heterocycles. The van der Waals surface area contributed by atoms with Crippen LogP contribution in [0.15, 0.2) is 36.4 Å². The molecule has 0 saturated carbocycles. The molecule has 1 atom stereocenters. The standard InChI is InChI=1S/C15H11F5O/c1-8-5-6-11(16)12(13(8)17)14(21)9-3-2-4-10(7-9)15(18,19)20/h2-7,14,21H,1H3. The molecule has 0 radical (unpaired) electrons. The molecule has 0 fully saturated rings. The SMILES string of the molecule is Cc1ccc(F)c(C(O)c2cccc(C(F)(F)F)c2)c1F. The third kappa shape index (κ3) is 3.05. The first-order chi connectivity index (χ1) is 9.71. The largest absolute Gasteiger partial charge is 0.416 e. The summed E-state index contributed by atoms with van der Waals surface area (Å²) in [6.45, 7) is 1.37. The van der Waals surface area contributed by atoms with E-state index >= 15 is 0 Å². The van der Waals surface area contributed by atoms with E-state index in [0.717, 1.165) is 18.2 Å². The van der Waals surface area contributed by atoms with E-state index in [-0.39, 0.29) is 11.1 Å². The lowest BCUT2D eigenvalue weighted by Crippen LogP contribution is -2.10. The topological polar surface area (TPSA) is 20.2 Å². The van der Waals surface area contributed by atoms with Crippen molar-refractivity contribution >= 4 is 0 Å². The van der Waals surface area contributed by atoms with Crippen molar-refractivity contribution in [1.29, 1.82) is 0 Å². The molecule has 21 heavy (non-hydrogen) atoms. The number of aliphatic hydroxyl groups is 1. The molecule has 2 rings (SSSR count). The van der Waals surface area contributed by atoms with Crippen LogP contribution in [0.3, 0.4) is 0 Å². The molecule has 0 bridgehead atoms. The van der Waals surface area contributed by atoms with Crippen LogP contribution < -0.4 is 0 Å². The lowest BCUT2D eigenvalue weighted by Gasteiger charge is -2.16. The predicted molar refractivity (Wildman–Crippen MR) is 66.6 cm³/mol. The van der Waals surface area contributed by atoms with Crippen LogP contribution in [0, 0.1) is 18.6 Å². The number of aryl methyl sites for hydroxylation is 1. The number of benzene rings is 2. The second-order valence-electron chi connectivity index (χ2n) is 4.62. The van der Waals surface area contributed by atoms with Gasteiger partial charge in [-0.2, -0.15) is 13.2 Å². The maximum Gasteiger partial charge on any atom is 0.416 e. The van der Waals surface area contributed by atoms with Crippen LogP contribution in [-0.4, -0.2) is 5.11 Å². The Morgan fingerprint density at radius 1 is 1.05 bits per heavy atom. The number of halogens is 5. The van der Waals surface area contributed by atoms with Crippen molar-refractivity contribution in [2.45, 2.75) is 19.2 Å². The average Bonchev–Trinajstić information content (AvgIpc) is 2.42.